The summed E-state index contributed by atoms with van der Waals surface area (Å²) in [5, 5.41) is 6.83. The van der Waals surface area contributed by atoms with Crippen LogP contribution in [-0.2, 0) is 4.79 Å². The fourth-order valence-corrected chi connectivity index (χ4v) is 2.72. The van der Waals surface area contributed by atoms with E-state index in [4.69, 9.17) is 16.3 Å². The first kappa shape index (κ1) is 14.6. The predicted molar refractivity (Wildman–Crippen MR) is 78.7 cm³/mol. The minimum Gasteiger partial charge on any atom is -0.492 e. The third kappa shape index (κ3) is 4.67. The predicted octanol–water partition coefficient (Wildman–Crippen LogP) is 2.35. The summed E-state index contributed by atoms with van der Waals surface area (Å²) in [6.45, 7) is 2.18. The molecule has 1 aliphatic rings. The number of ether oxygens (including phenoxy) is 1. The Morgan fingerprint density at radius 2 is 2.42 bits per heavy atom. The zero-order valence-corrected chi connectivity index (χ0v) is 12.8. The summed E-state index contributed by atoms with van der Waals surface area (Å²) >= 11 is 9.21. The molecule has 1 amide bonds. The van der Waals surface area contributed by atoms with Gasteiger partial charge in [0, 0.05) is 17.6 Å². The average molecular weight is 348 g/mol. The van der Waals surface area contributed by atoms with Crippen molar-refractivity contribution in [2.75, 3.05) is 19.7 Å². The summed E-state index contributed by atoms with van der Waals surface area (Å²) in [4.78, 5) is 11.7. The normalized spacial score (nSPS) is 18.3. The van der Waals surface area contributed by atoms with E-state index in [-0.39, 0.29) is 11.9 Å². The Morgan fingerprint density at radius 3 is 3.11 bits per heavy atom. The van der Waals surface area contributed by atoms with Crippen LogP contribution in [0.2, 0.25) is 5.02 Å². The summed E-state index contributed by atoms with van der Waals surface area (Å²) < 4.78 is 6.34. The second kappa shape index (κ2) is 7.12. The standard InChI is InChI=1S/C13H16BrClN2O2/c14-11-7-9(15)1-2-12(11)19-6-4-13(18)17-10-3-5-16-8-10/h1-2,7,10,16H,3-6,8H2,(H,17,18). The van der Waals surface area contributed by atoms with E-state index >= 15 is 0 Å². The van der Waals surface area contributed by atoms with Crippen LogP contribution in [0.25, 0.3) is 0 Å². The quantitative estimate of drug-likeness (QED) is 0.859. The van der Waals surface area contributed by atoms with Crippen LogP contribution < -0.4 is 15.4 Å². The number of benzene rings is 1. The Balaban J connectivity index is 1.72. The van der Waals surface area contributed by atoms with E-state index in [1.807, 2.05) is 0 Å². The third-order valence-corrected chi connectivity index (χ3v) is 3.76. The Kier molecular flexibility index (Phi) is 5.48. The highest BCUT2D eigenvalue weighted by Crippen LogP contribution is 2.27. The number of amides is 1. The number of nitrogens with one attached hydrogen (secondary N) is 2. The molecule has 2 N–H and O–H groups in total. The van der Waals surface area contributed by atoms with Gasteiger partial charge in [-0.2, -0.15) is 0 Å². The van der Waals surface area contributed by atoms with E-state index in [0.717, 1.165) is 24.0 Å². The van der Waals surface area contributed by atoms with Gasteiger partial charge in [0.05, 0.1) is 17.5 Å². The zero-order chi connectivity index (χ0) is 13.7. The molecule has 104 valence electrons. The molecule has 1 aromatic carbocycles. The molecule has 6 heteroatoms. The molecule has 1 saturated heterocycles. The van der Waals surface area contributed by atoms with Gasteiger partial charge in [0.2, 0.25) is 5.91 Å². The molecule has 0 aliphatic carbocycles. The summed E-state index contributed by atoms with van der Waals surface area (Å²) in [6, 6.07) is 5.56. The van der Waals surface area contributed by atoms with E-state index in [1.54, 1.807) is 18.2 Å². The summed E-state index contributed by atoms with van der Waals surface area (Å²) in [5.41, 5.74) is 0. The van der Waals surface area contributed by atoms with E-state index in [1.165, 1.54) is 0 Å². The summed E-state index contributed by atoms with van der Waals surface area (Å²) in [6.07, 6.45) is 1.35. The van der Waals surface area contributed by atoms with Crippen LogP contribution in [0.5, 0.6) is 5.75 Å². The molecule has 4 nitrogen and oxygen atoms in total. The van der Waals surface area contributed by atoms with Crippen LogP contribution >= 0.6 is 27.5 Å². The molecule has 0 saturated carbocycles. The molecule has 2 rings (SSSR count). The molecular formula is C13H16BrClN2O2. The Bertz CT molecular complexity index is 450. The van der Waals surface area contributed by atoms with Crippen molar-refractivity contribution in [1.29, 1.82) is 0 Å². The van der Waals surface area contributed by atoms with E-state index in [0.29, 0.717) is 23.8 Å². The number of carbonyl (C=O) groups excluding carboxylic acids is 1. The molecule has 0 radical (unpaired) electrons. The highest BCUT2D eigenvalue weighted by atomic mass is 79.9. The van der Waals surface area contributed by atoms with Crippen molar-refractivity contribution in [1.82, 2.24) is 10.6 Å². The highest BCUT2D eigenvalue weighted by molar-refractivity contribution is 9.10. The average Bonchev–Trinajstić information content (AvgIpc) is 2.84. The second-order valence-corrected chi connectivity index (χ2v) is 5.72. The van der Waals surface area contributed by atoms with Gasteiger partial charge in [0.1, 0.15) is 5.75 Å². The second-order valence-electron chi connectivity index (χ2n) is 4.43. The fourth-order valence-electron chi connectivity index (χ4n) is 1.92. The van der Waals surface area contributed by atoms with Crippen LogP contribution in [0, 0.1) is 0 Å². The monoisotopic (exact) mass is 346 g/mol. The van der Waals surface area contributed by atoms with Crippen molar-refractivity contribution in [3.63, 3.8) is 0 Å². The fraction of sp³-hybridized carbons (Fsp3) is 0.462. The van der Waals surface area contributed by atoms with Crippen molar-refractivity contribution in [3.05, 3.63) is 27.7 Å². The van der Waals surface area contributed by atoms with Crippen LogP contribution in [0.1, 0.15) is 12.8 Å². The first-order valence-electron chi connectivity index (χ1n) is 6.23. The lowest BCUT2D eigenvalue weighted by atomic mass is 10.2. The van der Waals surface area contributed by atoms with E-state index < -0.39 is 0 Å². The Hall–Kier alpha value is -0.780. The van der Waals surface area contributed by atoms with Gasteiger partial charge in [-0.1, -0.05) is 11.6 Å². The molecule has 1 fully saturated rings. The van der Waals surface area contributed by atoms with Gasteiger partial charge >= 0.3 is 0 Å². The molecule has 1 aliphatic heterocycles. The van der Waals surface area contributed by atoms with Gasteiger partial charge in [-0.3, -0.25) is 4.79 Å². The Labute approximate surface area is 126 Å². The SMILES string of the molecule is O=C(CCOc1ccc(Cl)cc1Br)NC1CCNC1. The van der Waals surface area contributed by atoms with Gasteiger partial charge in [-0.25, -0.2) is 0 Å². The molecular weight excluding hydrogens is 332 g/mol. The number of hydrogen-bond acceptors (Lipinski definition) is 3. The van der Waals surface area contributed by atoms with Crippen LogP contribution in [0.4, 0.5) is 0 Å². The molecule has 1 atom stereocenters. The smallest absolute Gasteiger partial charge is 0.223 e. The molecule has 0 bridgehead atoms. The molecule has 0 spiro atoms. The topological polar surface area (TPSA) is 50.4 Å². The van der Waals surface area contributed by atoms with E-state index in [2.05, 4.69) is 26.6 Å². The van der Waals surface area contributed by atoms with E-state index in [9.17, 15) is 4.79 Å². The molecule has 1 unspecified atom stereocenters. The first-order valence-corrected chi connectivity index (χ1v) is 7.40. The third-order valence-electron chi connectivity index (χ3n) is 2.91. The maximum absolute atomic E-state index is 11.7. The first-order chi connectivity index (χ1) is 9.15. The molecule has 19 heavy (non-hydrogen) atoms. The molecule has 0 aromatic heterocycles. The minimum atomic E-state index is 0.0267. The lowest BCUT2D eigenvalue weighted by molar-refractivity contribution is -0.122. The van der Waals surface area contributed by atoms with Gasteiger partial charge in [0.25, 0.3) is 0 Å². The van der Waals surface area contributed by atoms with Crippen molar-refractivity contribution in [2.45, 2.75) is 18.9 Å². The number of halogens is 2. The zero-order valence-electron chi connectivity index (χ0n) is 10.4. The van der Waals surface area contributed by atoms with Gasteiger partial charge < -0.3 is 15.4 Å². The van der Waals surface area contributed by atoms with Gasteiger partial charge in [-0.05, 0) is 47.1 Å². The number of hydrogen-bond donors (Lipinski definition) is 2. The van der Waals surface area contributed by atoms with Crippen LogP contribution in [-0.4, -0.2) is 31.6 Å². The van der Waals surface area contributed by atoms with Crippen molar-refractivity contribution < 1.29 is 9.53 Å². The lowest BCUT2D eigenvalue weighted by Gasteiger charge is -2.12. The van der Waals surface area contributed by atoms with Crippen molar-refractivity contribution in [3.8, 4) is 5.75 Å². The minimum absolute atomic E-state index is 0.0267. The molecule has 1 aromatic rings. The van der Waals surface area contributed by atoms with Gasteiger partial charge in [-0.15, -0.1) is 0 Å². The van der Waals surface area contributed by atoms with Crippen molar-refractivity contribution in [2.24, 2.45) is 0 Å². The maximum atomic E-state index is 11.7. The number of rotatable bonds is 5. The Morgan fingerprint density at radius 1 is 1.58 bits per heavy atom. The maximum Gasteiger partial charge on any atom is 0.223 e. The molecule has 1 heterocycles. The van der Waals surface area contributed by atoms with Crippen LogP contribution in [0.15, 0.2) is 22.7 Å². The summed E-state index contributed by atoms with van der Waals surface area (Å²) in [5.74, 6) is 0.721. The highest BCUT2D eigenvalue weighted by Gasteiger charge is 2.16. The van der Waals surface area contributed by atoms with Gasteiger partial charge in [0.15, 0.2) is 0 Å². The largest absolute Gasteiger partial charge is 0.492 e. The number of carbonyl (C=O) groups is 1. The van der Waals surface area contributed by atoms with Crippen molar-refractivity contribution >= 4 is 33.4 Å². The van der Waals surface area contributed by atoms with Crippen LogP contribution in [0.3, 0.4) is 0 Å². The summed E-state index contributed by atoms with van der Waals surface area (Å²) in [7, 11) is 0. The lowest BCUT2D eigenvalue weighted by Crippen LogP contribution is -2.36.